The molecule has 0 fully saturated rings. The lowest BCUT2D eigenvalue weighted by Gasteiger charge is -2.14. The fraction of sp³-hybridized carbons (Fsp3) is 0.208. The Kier molecular flexibility index (Phi) is 6.12. The third-order valence-electron chi connectivity index (χ3n) is 5.28. The SMILES string of the molecule is COC(=O)c1[nH]ncc1C=CCCNC(=O)OCC1c2ccccc2-c2ccccc21. The zero-order chi connectivity index (χ0) is 21.6. The third kappa shape index (κ3) is 4.35. The predicted octanol–water partition coefficient (Wildman–Crippen LogP) is 4.14. The minimum Gasteiger partial charge on any atom is -0.464 e. The standard InChI is InChI=1S/C24H23N3O4/c1-30-23(28)22-16(14-26-27-22)8-6-7-13-25-24(29)31-15-21-19-11-4-2-9-17(19)18-10-3-5-12-20(18)21/h2-6,8-12,14,21H,7,13,15H2,1H3,(H,25,29)(H,26,27). The third-order valence-corrected chi connectivity index (χ3v) is 5.28. The second-order valence-electron chi connectivity index (χ2n) is 7.14. The summed E-state index contributed by atoms with van der Waals surface area (Å²) >= 11 is 0. The highest BCUT2D eigenvalue weighted by atomic mass is 16.5. The van der Waals surface area contributed by atoms with Gasteiger partial charge in [0.1, 0.15) is 6.61 Å². The summed E-state index contributed by atoms with van der Waals surface area (Å²) in [4.78, 5) is 23.8. The van der Waals surface area contributed by atoms with Gasteiger partial charge in [-0.2, -0.15) is 5.10 Å². The van der Waals surface area contributed by atoms with Crippen molar-refractivity contribution in [2.75, 3.05) is 20.3 Å². The number of aromatic nitrogens is 2. The molecule has 1 heterocycles. The van der Waals surface area contributed by atoms with Gasteiger partial charge in [-0.25, -0.2) is 9.59 Å². The molecule has 31 heavy (non-hydrogen) atoms. The van der Waals surface area contributed by atoms with Crippen LogP contribution in [0.2, 0.25) is 0 Å². The van der Waals surface area contributed by atoms with E-state index in [1.165, 1.54) is 29.4 Å². The van der Waals surface area contributed by atoms with Gasteiger partial charge in [-0.3, -0.25) is 5.10 Å². The first-order valence-corrected chi connectivity index (χ1v) is 10.1. The van der Waals surface area contributed by atoms with Crippen LogP contribution in [-0.4, -0.2) is 42.5 Å². The number of H-pyrrole nitrogens is 1. The Morgan fingerprint density at radius 3 is 2.45 bits per heavy atom. The number of nitrogens with zero attached hydrogens (tertiary/aromatic N) is 1. The van der Waals surface area contributed by atoms with E-state index in [4.69, 9.17) is 4.74 Å². The molecule has 7 heteroatoms. The molecule has 0 bridgehead atoms. The highest BCUT2D eigenvalue weighted by molar-refractivity contribution is 5.91. The summed E-state index contributed by atoms with van der Waals surface area (Å²) in [5.41, 5.74) is 5.68. The first-order valence-electron chi connectivity index (χ1n) is 10.1. The van der Waals surface area contributed by atoms with Gasteiger partial charge in [0.05, 0.1) is 13.3 Å². The molecule has 4 rings (SSSR count). The van der Waals surface area contributed by atoms with Gasteiger partial charge in [-0.05, 0) is 28.7 Å². The number of nitrogens with one attached hydrogen (secondary N) is 2. The second kappa shape index (κ2) is 9.30. The number of carbonyl (C=O) groups excluding carboxylic acids is 2. The topological polar surface area (TPSA) is 93.3 Å². The molecule has 158 valence electrons. The van der Waals surface area contributed by atoms with Gasteiger partial charge in [0.2, 0.25) is 0 Å². The van der Waals surface area contributed by atoms with Crippen molar-refractivity contribution in [1.29, 1.82) is 0 Å². The van der Waals surface area contributed by atoms with Crippen LogP contribution in [0.15, 0.2) is 60.8 Å². The van der Waals surface area contributed by atoms with E-state index >= 15 is 0 Å². The molecule has 1 aliphatic rings. The van der Waals surface area contributed by atoms with Crippen molar-refractivity contribution in [2.24, 2.45) is 0 Å². The van der Waals surface area contributed by atoms with Crippen LogP contribution in [0.1, 0.15) is 39.5 Å². The van der Waals surface area contributed by atoms with Gasteiger partial charge < -0.3 is 14.8 Å². The molecule has 1 aromatic heterocycles. The fourth-order valence-corrected chi connectivity index (χ4v) is 3.80. The van der Waals surface area contributed by atoms with E-state index in [2.05, 4.69) is 44.5 Å². The van der Waals surface area contributed by atoms with Crippen molar-refractivity contribution in [3.63, 3.8) is 0 Å². The van der Waals surface area contributed by atoms with Crippen LogP contribution in [0, 0.1) is 0 Å². The number of hydrogen-bond donors (Lipinski definition) is 2. The van der Waals surface area contributed by atoms with Crippen LogP contribution in [0.4, 0.5) is 4.79 Å². The molecule has 1 amide bonds. The van der Waals surface area contributed by atoms with Crippen LogP contribution in [0.3, 0.4) is 0 Å². The maximum absolute atomic E-state index is 12.2. The Labute approximate surface area is 180 Å². The van der Waals surface area contributed by atoms with Crippen LogP contribution in [0.5, 0.6) is 0 Å². The Morgan fingerprint density at radius 2 is 1.77 bits per heavy atom. The molecule has 0 saturated carbocycles. The number of fused-ring (bicyclic) bond motifs is 3. The molecule has 0 aliphatic heterocycles. The first-order chi connectivity index (χ1) is 15.2. The molecule has 2 aromatic carbocycles. The van der Waals surface area contributed by atoms with Gasteiger partial charge in [0.25, 0.3) is 0 Å². The molecule has 0 saturated heterocycles. The van der Waals surface area contributed by atoms with E-state index in [1.807, 2.05) is 30.3 Å². The minimum absolute atomic E-state index is 0.0379. The predicted molar refractivity (Wildman–Crippen MR) is 117 cm³/mol. The average molecular weight is 417 g/mol. The number of benzene rings is 2. The Bertz CT molecular complexity index is 1070. The Hall–Kier alpha value is -3.87. The molecule has 0 spiro atoms. The summed E-state index contributed by atoms with van der Waals surface area (Å²) in [6.45, 7) is 0.700. The molecular weight excluding hydrogens is 394 g/mol. The smallest absolute Gasteiger partial charge is 0.407 e. The zero-order valence-electron chi connectivity index (χ0n) is 17.1. The van der Waals surface area contributed by atoms with Crippen LogP contribution in [-0.2, 0) is 9.47 Å². The van der Waals surface area contributed by atoms with E-state index in [1.54, 1.807) is 12.3 Å². The normalized spacial score (nSPS) is 12.4. The van der Waals surface area contributed by atoms with Crippen LogP contribution >= 0.6 is 0 Å². The monoisotopic (exact) mass is 417 g/mol. The highest BCUT2D eigenvalue weighted by Gasteiger charge is 2.28. The molecule has 2 N–H and O–H groups in total. The molecule has 7 nitrogen and oxygen atoms in total. The fourth-order valence-electron chi connectivity index (χ4n) is 3.80. The molecule has 3 aromatic rings. The van der Waals surface area contributed by atoms with Crippen molar-refractivity contribution in [3.8, 4) is 11.1 Å². The number of hydrogen-bond acceptors (Lipinski definition) is 5. The molecule has 1 aliphatic carbocycles. The van der Waals surface area contributed by atoms with E-state index in [9.17, 15) is 9.59 Å². The number of ether oxygens (including phenoxy) is 2. The van der Waals surface area contributed by atoms with E-state index in [-0.39, 0.29) is 12.5 Å². The van der Waals surface area contributed by atoms with Gasteiger partial charge in [-0.15, -0.1) is 0 Å². The van der Waals surface area contributed by atoms with Crippen molar-refractivity contribution >= 4 is 18.1 Å². The van der Waals surface area contributed by atoms with E-state index in [0.29, 0.717) is 24.2 Å². The number of methoxy groups -OCH3 is 1. The molecule has 0 unspecified atom stereocenters. The first kappa shape index (κ1) is 20.4. The number of aromatic amines is 1. The van der Waals surface area contributed by atoms with Crippen molar-refractivity contribution in [3.05, 3.63) is 83.2 Å². The maximum Gasteiger partial charge on any atom is 0.407 e. The van der Waals surface area contributed by atoms with Crippen LogP contribution in [0.25, 0.3) is 17.2 Å². The van der Waals surface area contributed by atoms with E-state index < -0.39 is 12.1 Å². The lowest BCUT2D eigenvalue weighted by molar-refractivity contribution is 0.0593. The summed E-state index contributed by atoms with van der Waals surface area (Å²) in [6.07, 6.45) is 5.28. The summed E-state index contributed by atoms with van der Waals surface area (Å²) in [7, 11) is 1.31. The van der Waals surface area contributed by atoms with Gasteiger partial charge in [-0.1, -0.05) is 60.7 Å². The molecule has 0 radical (unpaired) electrons. The Morgan fingerprint density at radius 1 is 1.10 bits per heavy atom. The van der Waals surface area contributed by atoms with Gasteiger partial charge in [0, 0.05) is 18.0 Å². The Balaban J connectivity index is 1.27. The number of esters is 1. The zero-order valence-corrected chi connectivity index (χ0v) is 17.1. The second-order valence-corrected chi connectivity index (χ2v) is 7.14. The van der Waals surface area contributed by atoms with Gasteiger partial charge in [0.15, 0.2) is 5.69 Å². The quantitative estimate of drug-likeness (QED) is 0.445. The minimum atomic E-state index is -0.478. The lowest BCUT2D eigenvalue weighted by atomic mass is 9.98. The number of amides is 1. The lowest BCUT2D eigenvalue weighted by Crippen LogP contribution is -2.26. The molecule has 0 atom stereocenters. The summed E-state index contributed by atoms with van der Waals surface area (Å²) in [5, 5.41) is 9.21. The van der Waals surface area contributed by atoms with Crippen molar-refractivity contribution < 1.29 is 19.1 Å². The maximum atomic E-state index is 12.2. The summed E-state index contributed by atoms with van der Waals surface area (Å²) < 4.78 is 10.2. The largest absolute Gasteiger partial charge is 0.464 e. The average Bonchev–Trinajstić information content (AvgIpc) is 3.39. The van der Waals surface area contributed by atoms with Crippen LogP contribution < -0.4 is 5.32 Å². The number of rotatable bonds is 7. The number of carbonyl (C=O) groups is 2. The summed E-state index contributed by atoms with van der Waals surface area (Å²) in [5.74, 6) is -0.440. The molecular formula is C24H23N3O4. The van der Waals surface area contributed by atoms with E-state index in [0.717, 1.165) is 0 Å². The van der Waals surface area contributed by atoms with Crippen molar-refractivity contribution in [1.82, 2.24) is 15.5 Å². The summed E-state index contributed by atoms with van der Waals surface area (Å²) in [6, 6.07) is 16.5. The number of alkyl carbamates (subject to hydrolysis) is 1. The van der Waals surface area contributed by atoms with Gasteiger partial charge >= 0.3 is 12.1 Å². The highest BCUT2D eigenvalue weighted by Crippen LogP contribution is 2.44. The van der Waals surface area contributed by atoms with Crippen molar-refractivity contribution in [2.45, 2.75) is 12.3 Å².